The van der Waals surface area contributed by atoms with Crippen LogP contribution in [-0.2, 0) is 75.2 Å². The molecule has 0 saturated carbocycles. The van der Waals surface area contributed by atoms with Gasteiger partial charge in [-0.1, -0.05) is 68.2 Å². The summed E-state index contributed by atoms with van der Waals surface area (Å²) in [6.07, 6.45) is 4.16. The Bertz CT molecular complexity index is 2980. The van der Waals surface area contributed by atoms with Crippen molar-refractivity contribution in [3.8, 4) is 0 Å². The molecule has 23 N–H and O–H groups in total. The normalized spacial score (nSPS) is 16.9. The van der Waals surface area contributed by atoms with Gasteiger partial charge in [0.15, 0.2) is 5.96 Å². The zero-order valence-corrected chi connectivity index (χ0v) is 56.6. The molecule has 0 aromatic carbocycles. The molecule has 12 amide bonds. The number of carbonyl (C=O) groups excluding carboxylic acids is 12. The summed E-state index contributed by atoms with van der Waals surface area (Å²) in [7, 11) is 0. The van der Waals surface area contributed by atoms with Gasteiger partial charge in [-0.3, -0.25) is 67.3 Å². The highest BCUT2D eigenvalue weighted by Crippen LogP contribution is 2.22. The second-order valence-electron chi connectivity index (χ2n) is 25.2. The number of carboxylic acid groups (broad SMARTS) is 1. The third-order valence-electron chi connectivity index (χ3n) is 16.2. The fourth-order valence-electron chi connectivity index (χ4n) is 10.4. The van der Waals surface area contributed by atoms with E-state index in [1.165, 1.54) is 36.9 Å². The van der Waals surface area contributed by atoms with E-state index in [4.69, 9.17) is 28.0 Å². The maximum atomic E-state index is 14.9. The first-order valence-corrected chi connectivity index (χ1v) is 32.6. The highest BCUT2D eigenvalue weighted by Gasteiger charge is 2.42. The van der Waals surface area contributed by atoms with Crippen LogP contribution in [0.25, 0.3) is 0 Å². The number of hydrogen-bond donors (Lipinski definition) is 19. The van der Waals surface area contributed by atoms with Crippen molar-refractivity contribution in [2.75, 3.05) is 26.2 Å². The molecule has 1 saturated heterocycles. The number of amides is 12. The molecule has 0 unspecified atom stereocenters. The van der Waals surface area contributed by atoms with Crippen molar-refractivity contribution in [2.45, 2.75) is 212 Å². The van der Waals surface area contributed by atoms with E-state index in [1.807, 2.05) is 13.8 Å². The minimum atomic E-state index is -1.78. The predicted octanol–water partition coefficient (Wildman–Crippen LogP) is -5.32. The largest absolute Gasteiger partial charge is 0.480 e. The monoisotopic (exact) mass is 1370 g/mol. The standard InChI is InChI=1S/C61H102N20O16/c1-10-32(7)47(57(94)72-38(16-17-45(63)84)51(88)69-26-46(85)86)79-55(92)43(27-82)77-52(89)40(21-31(5)6)75-59(96)49(34(9)83)80-56(93)44-15-13-19-81(44)60(97)39(14-12-18-68-61(64)65)73-53(90)41(22-35-24-66-28-70-35)76-58(95)48(33(8)11-2)78-54(91)42(23-36-25-67-29-71-36)74-50(87)37(62)20-30(3)4/h24-25,28-34,37-44,47-49,82-83H,10-23,26-27,62H2,1-9H3,(H2,63,84)(H,66,70)(H,67,71)(H,69,88)(H,72,94)(H,73,90)(H,74,87)(H,75,96)(H,76,95)(H,77,89)(H,78,91)(H,79,92)(H,80,93)(H,85,86)(H4,64,65,68)/t32-,33-,34+,37-,38-,39-,40-,41-,42-,43-,44-,47-,48-,49-/m0/s1. The topological polar surface area (TPSA) is 580 Å². The molecule has 36 nitrogen and oxygen atoms in total. The lowest BCUT2D eigenvalue weighted by Crippen LogP contribution is -2.62. The fourth-order valence-corrected chi connectivity index (χ4v) is 10.4. The summed E-state index contributed by atoms with van der Waals surface area (Å²) in [5.41, 5.74) is 23.5. The molecule has 97 heavy (non-hydrogen) atoms. The number of aliphatic hydroxyl groups is 2. The first-order valence-electron chi connectivity index (χ1n) is 32.6. The number of aliphatic imine (C=N–C) groups is 1. The molecular weight excluding hydrogens is 1270 g/mol. The third-order valence-corrected chi connectivity index (χ3v) is 16.2. The molecule has 0 spiro atoms. The van der Waals surface area contributed by atoms with Gasteiger partial charge in [-0.15, -0.1) is 0 Å². The van der Waals surface area contributed by atoms with Crippen LogP contribution in [0.5, 0.6) is 0 Å². The highest BCUT2D eigenvalue weighted by molar-refractivity contribution is 6.00. The molecule has 36 heteroatoms. The molecular formula is C61H102N20O16. The summed E-state index contributed by atoms with van der Waals surface area (Å²) >= 11 is 0. The zero-order chi connectivity index (χ0) is 72.8. The van der Waals surface area contributed by atoms with Gasteiger partial charge in [0.2, 0.25) is 70.9 Å². The number of primary amides is 1. The van der Waals surface area contributed by atoms with Crippen LogP contribution in [0.4, 0.5) is 0 Å². The number of carbonyl (C=O) groups is 13. The van der Waals surface area contributed by atoms with Crippen LogP contribution in [0, 0.1) is 23.7 Å². The summed E-state index contributed by atoms with van der Waals surface area (Å²) < 4.78 is 0. The van der Waals surface area contributed by atoms with Crippen LogP contribution in [0.3, 0.4) is 0 Å². The molecule has 542 valence electrons. The first kappa shape index (κ1) is 81.9. The number of H-pyrrole nitrogens is 2. The SMILES string of the molecule is CC[C@H](C)[C@H](NC(=O)[C@H](CO)NC(=O)[C@H](CC(C)C)NC(=O)[C@@H](NC(=O)[C@@H]1CCCN1C(=O)[C@H](CCCN=C(N)N)NC(=O)[C@H](Cc1cnc[nH]1)NC(=O)[C@@H](NC(=O)[C@H](Cc1cnc[nH]1)NC(=O)[C@@H](N)CC(C)C)[C@@H](C)CC)[C@@H](C)O)C(=O)N[C@@H](CCC(N)=O)C(=O)NCC(=O)O. The molecule has 1 aliphatic heterocycles. The number of guanidine groups is 1. The highest BCUT2D eigenvalue weighted by atomic mass is 16.4. The second kappa shape index (κ2) is 40.9. The minimum absolute atomic E-state index is 0.00135. The van der Waals surface area contributed by atoms with Gasteiger partial charge in [0.05, 0.1) is 31.4 Å². The molecule has 1 fully saturated rings. The third kappa shape index (κ3) is 27.7. The number of aliphatic hydroxyl groups excluding tert-OH is 2. The van der Waals surface area contributed by atoms with Crippen LogP contribution in [-0.4, -0.2) is 222 Å². The second-order valence-corrected chi connectivity index (χ2v) is 25.2. The van der Waals surface area contributed by atoms with Crippen molar-refractivity contribution >= 4 is 82.8 Å². The number of nitrogens with one attached hydrogen (secondary N) is 12. The summed E-state index contributed by atoms with van der Waals surface area (Å²) in [5.74, 6) is -13.7. The molecule has 1 aliphatic rings. The summed E-state index contributed by atoms with van der Waals surface area (Å²) in [4.78, 5) is 197. The Morgan fingerprint density at radius 2 is 1.07 bits per heavy atom. The molecule has 0 aliphatic carbocycles. The number of aromatic amines is 2. The molecule has 14 atom stereocenters. The summed E-state index contributed by atoms with van der Waals surface area (Å²) in [5, 5.41) is 55.8. The van der Waals surface area contributed by atoms with Crippen molar-refractivity contribution in [2.24, 2.45) is 51.6 Å². The van der Waals surface area contributed by atoms with Gasteiger partial charge in [-0.2, -0.15) is 0 Å². The van der Waals surface area contributed by atoms with E-state index in [0.717, 1.165) is 0 Å². The van der Waals surface area contributed by atoms with E-state index < -0.39 is 174 Å². The van der Waals surface area contributed by atoms with E-state index in [0.29, 0.717) is 24.2 Å². The quantitative estimate of drug-likeness (QED) is 0.0167. The Hall–Kier alpha value is -9.32. The van der Waals surface area contributed by atoms with Gasteiger partial charge < -0.3 is 106 Å². The van der Waals surface area contributed by atoms with Crippen molar-refractivity contribution in [3.05, 3.63) is 36.4 Å². The van der Waals surface area contributed by atoms with Crippen molar-refractivity contribution < 1.29 is 77.6 Å². The van der Waals surface area contributed by atoms with Gasteiger partial charge in [-0.25, -0.2) is 9.97 Å². The maximum absolute atomic E-state index is 14.9. The van der Waals surface area contributed by atoms with E-state index in [-0.39, 0.29) is 95.1 Å². The number of nitrogens with zero attached hydrogens (tertiary/aromatic N) is 4. The molecule has 2 aromatic heterocycles. The van der Waals surface area contributed by atoms with E-state index in [9.17, 15) is 72.5 Å². The number of hydrogen-bond acceptors (Lipinski definition) is 19. The number of likely N-dealkylation sites (tertiary alicyclic amines) is 1. The van der Waals surface area contributed by atoms with Gasteiger partial charge in [-0.05, 0) is 75.5 Å². The van der Waals surface area contributed by atoms with E-state index in [1.54, 1.807) is 41.5 Å². The van der Waals surface area contributed by atoms with Crippen molar-refractivity contribution in [1.29, 1.82) is 0 Å². The lowest BCUT2D eigenvalue weighted by atomic mass is 9.96. The number of aromatic nitrogens is 4. The van der Waals surface area contributed by atoms with Crippen LogP contribution in [0.1, 0.15) is 138 Å². The Labute approximate surface area is 562 Å². The first-order chi connectivity index (χ1) is 45.7. The molecule has 0 radical (unpaired) electrons. The van der Waals surface area contributed by atoms with E-state index >= 15 is 0 Å². The van der Waals surface area contributed by atoms with Gasteiger partial charge in [0.1, 0.15) is 67.0 Å². The van der Waals surface area contributed by atoms with Gasteiger partial charge >= 0.3 is 5.97 Å². The zero-order valence-electron chi connectivity index (χ0n) is 56.6. The number of carboxylic acids is 1. The number of imidazole rings is 2. The Kier molecular flexibility index (Phi) is 34.6. The smallest absolute Gasteiger partial charge is 0.322 e. The average Bonchev–Trinajstić information content (AvgIpc) is 1.80. The van der Waals surface area contributed by atoms with Gasteiger partial charge in [0, 0.05) is 56.1 Å². The van der Waals surface area contributed by atoms with Crippen LogP contribution >= 0.6 is 0 Å². The Morgan fingerprint density at radius 1 is 0.598 bits per heavy atom. The Balaban J connectivity index is 1.90. The minimum Gasteiger partial charge on any atom is -0.480 e. The molecule has 3 heterocycles. The maximum Gasteiger partial charge on any atom is 0.322 e. The summed E-state index contributed by atoms with van der Waals surface area (Å²) in [6, 6.07) is -15.6. The molecule has 0 bridgehead atoms. The summed E-state index contributed by atoms with van der Waals surface area (Å²) in [6.45, 7) is 13.2. The Morgan fingerprint density at radius 3 is 1.55 bits per heavy atom. The average molecular weight is 1370 g/mol. The number of rotatable bonds is 43. The van der Waals surface area contributed by atoms with Crippen LogP contribution in [0.15, 0.2) is 30.0 Å². The van der Waals surface area contributed by atoms with E-state index in [2.05, 4.69) is 78.1 Å². The predicted molar refractivity (Wildman–Crippen MR) is 350 cm³/mol. The molecule has 2 aromatic rings. The number of aliphatic carboxylic acids is 1. The van der Waals surface area contributed by atoms with Crippen LogP contribution in [0.2, 0.25) is 0 Å². The lowest BCUT2D eigenvalue weighted by molar-refractivity contribution is -0.143. The lowest BCUT2D eigenvalue weighted by Gasteiger charge is -2.32. The molecule has 3 rings (SSSR count). The van der Waals surface area contributed by atoms with Crippen LogP contribution < -0.4 is 76.1 Å². The van der Waals surface area contributed by atoms with Crippen molar-refractivity contribution in [1.82, 2.24) is 78.0 Å². The van der Waals surface area contributed by atoms with Crippen molar-refractivity contribution in [3.63, 3.8) is 0 Å². The number of nitrogens with two attached hydrogens (primary N) is 4. The van der Waals surface area contributed by atoms with Gasteiger partial charge in [0.25, 0.3) is 0 Å². The fraction of sp³-hybridized carbons (Fsp3) is 0.672.